The zero-order valence-electron chi connectivity index (χ0n) is 20.5. The van der Waals surface area contributed by atoms with Gasteiger partial charge in [0.1, 0.15) is 23.9 Å². The molecule has 1 fully saturated rings. The highest BCUT2D eigenvalue weighted by Crippen LogP contribution is 2.37. The molecule has 1 saturated heterocycles. The number of ether oxygens (including phenoxy) is 2. The van der Waals surface area contributed by atoms with Crippen molar-refractivity contribution in [3.05, 3.63) is 83.7 Å². The van der Waals surface area contributed by atoms with Crippen molar-refractivity contribution in [2.24, 2.45) is 0 Å². The zero-order chi connectivity index (χ0) is 24.4. The number of hydrogen-bond donors (Lipinski definition) is 0. The first-order valence-electron chi connectivity index (χ1n) is 12.2. The molecule has 1 atom stereocenters. The molecule has 0 N–H and O–H groups in total. The molecule has 0 bridgehead atoms. The molecule has 1 aromatic heterocycles. The molecule has 2 heterocycles. The lowest BCUT2D eigenvalue weighted by Crippen LogP contribution is -2.25. The van der Waals surface area contributed by atoms with E-state index in [1.165, 1.54) is 5.56 Å². The molecule has 0 saturated carbocycles. The van der Waals surface area contributed by atoms with Crippen LogP contribution in [-0.2, 0) is 11.3 Å². The number of aromatic nitrogens is 2. The van der Waals surface area contributed by atoms with Crippen LogP contribution in [0.4, 0.5) is 5.69 Å². The maximum absolute atomic E-state index is 13.1. The first kappa shape index (κ1) is 23.0. The van der Waals surface area contributed by atoms with Crippen LogP contribution in [0, 0.1) is 13.8 Å². The summed E-state index contributed by atoms with van der Waals surface area (Å²) in [5.74, 6) is 2.66. The largest absolute Gasteiger partial charge is 0.492 e. The molecule has 3 aromatic carbocycles. The number of benzene rings is 3. The molecule has 0 unspecified atom stereocenters. The van der Waals surface area contributed by atoms with Crippen LogP contribution in [0.25, 0.3) is 11.0 Å². The Bertz CT molecular complexity index is 1360. The third-order valence-electron chi connectivity index (χ3n) is 6.55. The average Bonchev–Trinajstić information content (AvgIpc) is 3.42. The summed E-state index contributed by atoms with van der Waals surface area (Å²) < 4.78 is 14.2. The SMILES string of the molecule is CCOc1ccccc1N1C[C@H](c2nc3ccccc3n2CCOc2cc(C)ccc2C)CC1=O. The van der Waals surface area contributed by atoms with E-state index in [0.29, 0.717) is 32.7 Å². The normalized spacial score (nSPS) is 15.7. The summed E-state index contributed by atoms with van der Waals surface area (Å²) in [6.07, 6.45) is 0.418. The van der Waals surface area contributed by atoms with Gasteiger partial charge < -0.3 is 18.9 Å². The Balaban J connectivity index is 1.41. The third kappa shape index (κ3) is 4.61. The van der Waals surface area contributed by atoms with Crippen LogP contribution < -0.4 is 14.4 Å². The summed E-state index contributed by atoms with van der Waals surface area (Å²) in [5.41, 5.74) is 5.12. The Labute approximate surface area is 206 Å². The number of para-hydroxylation sites is 4. The molecule has 1 amide bonds. The van der Waals surface area contributed by atoms with Crippen molar-refractivity contribution in [3.8, 4) is 11.5 Å². The molecular weight excluding hydrogens is 438 g/mol. The van der Waals surface area contributed by atoms with Gasteiger partial charge >= 0.3 is 0 Å². The molecule has 0 spiro atoms. The number of hydrogen-bond acceptors (Lipinski definition) is 4. The van der Waals surface area contributed by atoms with Crippen molar-refractivity contribution >= 4 is 22.6 Å². The van der Waals surface area contributed by atoms with Gasteiger partial charge in [-0.25, -0.2) is 4.98 Å². The van der Waals surface area contributed by atoms with Crippen molar-refractivity contribution in [1.29, 1.82) is 0 Å². The van der Waals surface area contributed by atoms with E-state index in [0.717, 1.165) is 39.6 Å². The van der Waals surface area contributed by atoms with Crippen molar-refractivity contribution in [2.75, 3.05) is 24.7 Å². The van der Waals surface area contributed by atoms with Gasteiger partial charge in [0.05, 0.1) is 29.9 Å². The van der Waals surface area contributed by atoms with E-state index in [2.05, 4.69) is 42.7 Å². The minimum atomic E-state index is -0.00899. The fraction of sp³-hybridized carbons (Fsp3) is 0.310. The van der Waals surface area contributed by atoms with Crippen molar-refractivity contribution < 1.29 is 14.3 Å². The van der Waals surface area contributed by atoms with Gasteiger partial charge in [0.15, 0.2) is 0 Å². The average molecular weight is 470 g/mol. The van der Waals surface area contributed by atoms with Crippen LogP contribution in [0.3, 0.4) is 0 Å². The third-order valence-corrected chi connectivity index (χ3v) is 6.55. The molecule has 1 aliphatic heterocycles. The molecule has 180 valence electrons. The molecular formula is C29H31N3O3. The minimum Gasteiger partial charge on any atom is -0.492 e. The van der Waals surface area contributed by atoms with E-state index in [4.69, 9.17) is 14.5 Å². The number of fused-ring (bicyclic) bond motifs is 1. The molecule has 35 heavy (non-hydrogen) atoms. The van der Waals surface area contributed by atoms with Gasteiger partial charge in [0.25, 0.3) is 0 Å². The lowest BCUT2D eigenvalue weighted by molar-refractivity contribution is -0.117. The van der Waals surface area contributed by atoms with E-state index in [9.17, 15) is 4.79 Å². The number of amides is 1. The van der Waals surface area contributed by atoms with Crippen molar-refractivity contribution in [1.82, 2.24) is 9.55 Å². The van der Waals surface area contributed by atoms with E-state index in [-0.39, 0.29) is 11.8 Å². The van der Waals surface area contributed by atoms with Gasteiger partial charge in [-0.1, -0.05) is 36.4 Å². The van der Waals surface area contributed by atoms with Crippen molar-refractivity contribution in [3.63, 3.8) is 0 Å². The highest BCUT2D eigenvalue weighted by atomic mass is 16.5. The topological polar surface area (TPSA) is 56.6 Å². The molecule has 6 heteroatoms. The van der Waals surface area contributed by atoms with E-state index < -0.39 is 0 Å². The second-order valence-corrected chi connectivity index (χ2v) is 9.03. The number of anilines is 1. The second-order valence-electron chi connectivity index (χ2n) is 9.03. The lowest BCUT2D eigenvalue weighted by Gasteiger charge is -2.20. The van der Waals surface area contributed by atoms with Gasteiger partial charge in [-0.3, -0.25) is 4.79 Å². The molecule has 5 rings (SSSR count). The van der Waals surface area contributed by atoms with Gasteiger partial charge in [-0.15, -0.1) is 0 Å². The standard InChI is InChI=1S/C29H31N3O3/c1-4-34-26-12-8-7-11-25(26)32-19-22(18-28(32)33)29-30-23-9-5-6-10-24(23)31(29)15-16-35-27-17-20(2)13-14-21(27)3/h5-14,17,22H,4,15-16,18-19H2,1-3H3/t22-/m1/s1. The lowest BCUT2D eigenvalue weighted by atomic mass is 10.1. The summed E-state index contributed by atoms with van der Waals surface area (Å²) in [6.45, 7) is 8.39. The number of imidazole rings is 1. The first-order valence-corrected chi connectivity index (χ1v) is 12.2. The quantitative estimate of drug-likeness (QED) is 0.335. The number of aryl methyl sites for hydroxylation is 2. The first-order chi connectivity index (χ1) is 17.0. The Morgan fingerprint density at radius 2 is 1.77 bits per heavy atom. The van der Waals surface area contributed by atoms with Gasteiger partial charge in [0.2, 0.25) is 5.91 Å². The van der Waals surface area contributed by atoms with Crippen LogP contribution in [0.5, 0.6) is 11.5 Å². The molecule has 0 aliphatic carbocycles. The monoisotopic (exact) mass is 469 g/mol. The summed E-state index contributed by atoms with van der Waals surface area (Å²) in [4.78, 5) is 19.9. The van der Waals surface area contributed by atoms with E-state index in [1.54, 1.807) is 0 Å². The molecule has 6 nitrogen and oxygen atoms in total. The maximum Gasteiger partial charge on any atom is 0.227 e. The van der Waals surface area contributed by atoms with Crippen LogP contribution in [0.1, 0.15) is 36.2 Å². The highest BCUT2D eigenvalue weighted by Gasteiger charge is 2.36. The van der Waals surface area contributed by atoms with Crippen LogP contribution in [0.15, 0.2) is 66.7 Å². The number of carbonyl (C=O) groups is 1. The summed E-state index contributed by atoms with van der Waals surface area (Å²) >= 11 is 0. The molecule has 0 radical (unpaired) electrons. The molecule has 4 aromatic rings. The summed E-state index contributed by atoms with van der Waals surface area (Å²) in [5, 5.41) is 0. The fourth-order valence-corrected chi connectivity index (χ4v) is 4.82. The van der Waals surface area contributed by atoms with Gasteiger partial charge in [-0.2, -0.15) is 0 Å². The van der Waals surface area contributed by atoms with Crippen molar-refractivity contribution in [2.45, 2.75) is 39.7 Å². The van der Waals surface area contributed by atoms with Gasteiger partial charge in [0, 0.05) is 18.9 Å². The second kappa shape index (κ2) is 9.82. The van der Waals surface area contributed by atoms with Crippen LogP contribution >= 0.6 is 0 Å². The Morgan fingerprint density at radius 3 is 2.63 bits per heavy atom. The maximum atomic E-state index is 13.1. The number of carbonyl (C=O) groups excluding carboxylic acids is 1. The number of nitrogens with zero attached hydrogens (tertiary/aromatic N) is 3. The zero-order valence-corrected chi connectivity index (χ0v) is 20.5. The van der Waals surface area contributed by atoms with Crippen LogP contribution in [-0.4, -0.2) is 35.2 Å². The predicted octanol–water partition coefficient (Wildman–Crippen LogP) is 5.65. The van der Waals surface area contributed by atoms with E-state index >= 15 is 0 Å². The van der Waals surface area contributed by atoms with Crippen LogP contribution in [0.2, 0.25) is 0 Å². The Kier molecular flexibility index (Phi) is 6.45. The summed E-state index contributed by atoms with van der Waals surface area (Å²) in [6, 6.07) is 22.1. The van der Waals surface area contributed by atoms with E-state index in [1.807, 2.05) is 54.3 Å². The summed E-state index contributed by atoms with van der Waals surface area (Å²) in [7, 11) is 0. The Hall–Kier alpha value is -3.80. The number of rotatable bonds is 8. The van der Waals surface area contributed by atoms with Gasteiger partial charge in [-0.05, 0) is 62.2 Å². The predicted molar refractivity (Wildman–Crippen MR) is 138 cm³/mol. The highest BCUT2D eigenvalue weighted by molar-refractivity contribution is 5.97. The minimum absolute atomic E-state index is 0.00899. The Morgan fingerprint density at radius 1 is 0.971 bits per heavy atom. The molecule has 1 aliphatic rings. The smallest absolute Gasteiger partial charge is 0.227 e. The fourth-order valence-electron chi connectivity index (χ4n) is 4.82.